The van der Waals surface area contributed by atoms with Gasteiger partial charge in [-0.05, 0) is 43.0 Å². The molecule has 1 N–H and O–H groups in total. The van der Waals surface area contributed by atoms with Crippen LogP contribution in [0.4, 0.5) is 20.2 Å². The second kappa shape index (κ2) is 6.95. The molecule has 1 aliphatic rings. The lowest BCUT2D eigenvalue weighted by Gasteiger charge is -2.30. The van der Waals surface area contributed by atoms with Gasteiger partial charge >= 0.3 is 0 Å². The molecular weight excluding hydrogens is 312 g/mol. The summed E-state index contributed by atoms with van der Waals surface area (Å²) in [6, 6.07) is 6.53. The number of aromatic nitrogens is 1. The van der Waals surface area contributed by atoms with Gasteiger partial charge in [0.2, 0.25) is 0 Å². The smallest absolute Gasteiger partial charge is 0.272 e. The normalized spacial score (nSPS) is 17.6. The first-order valence-corrected chi connectivity index (χ1v) is 8.00. The van der Waals surface area contributed by atoms with Crippen molar-refractivity contribution < 1.29 is 13.6 Å². The summed E-state index contributed by atoms with van der Waals surface area (Å²) in [6.45, 7) is 3.59. The lowest BCUT2D eigenvalue weighted by molar-refractivity contribution is 0.0677. The molecule has 1 fully saturated rings. The summed E-state index contributed by atoms with van der Waals surface area (Å²) in [6.07, 6.45) is 3.62. The number of amides is 1. The fraction of sp³-hybridized carbons (Fsp3) is 0.333. The Morgan fingerprint density at radius 2 is 2.12 bits per heavy atom. The third kappa shape index (κ3) is 3.69. The van der Waals surface area contributed by atoms with Crippen molar-refractivity contribution in [1.29, 1.82) is 0 Å². The maximum Gasteiger partial charge on any atom is 0.272 e. The predicted octanol–water partition coefficient (Wildman–Crippen LogP) is 3.98. The minimum Gasteiger partial charge on any atom is -0.353 e. The molecule has 126 valence electrons. The molecule has 0 spiro atoms. The zero-order valence-electron chi connectivity index (χ0n) is 13.4. The van der Waals surface area contributed by atoms with Crippen LogP contribution in [0.2, 0.25) is 0 Å². The van der Waals surface area contributed by atoms with E-state index in [0.29, 0.717) is 17.3 Å². The number of pyridine rings is 1. The van der Waals surface area contributed by atoms with Crippen LogP contribution in [0.5, 0.6) is 0 Å². The van der Waals surface area contributed by atoms with Crippen LogP contribution < -0.4 is 5.32 Å². The van der Waals surface area contributed by atoms with Gasteiger partial charge in [0.1, 0.15) is 17.3 Å². The number of hydrogen-bond donors (Lipinski definition) is 1. The number of benzene rings is 1. The second-order valence-electron chi connectivity index (χ2n) is 6.18. The van der Waals surface area contributed by atoms with Gasteiger partial charge in [-0.3, -0.25) is 9.78 Å². The van der Waals surface area contributed by atoms with Gasteiger partial charge < -0.3 is 10.2 Å². The maximum absolute atomic E-state index is 13.7. The van der Waals surface area contributed by atoms with Crippen molar-refractivity contribution in [3.05, 3.63) is 53.9 Å². The number of nitrogens with zero attached hydrogens (tertiary/aromatic N) is 2. The van der Waals surface area contributed by atoms with E-state index in [9.17, 15) is 13.6 Å². The highest BCUT2D eigenvalue weighted by molar-refractivity contribution is 5.93. The topological polar surface area (TPSA) is 45.2 Å². The lowest BCUT2D eigenvalue weighted by atomic mass is 10.00. The number of carbonyl (C=O) groups is 1. The van der Waals surface area contributed by atoms with Crippen molar-refractivity contribution in [2.24, 2.45) is 5.92 Å². The van der Waals surface area contributed by atoms with Crippen molar-refractivity contribution in [2.45, 2.75) is 19.8 Å². The van der Waals surface area contributed by atoms with E-state index >= 15 is 0 Å². The summed E-state index contributed by atoms with van der Waals surface area (Å²) in [4.78, 5) is 18.5. The van der Waals surface area contributed by atoms with Gasteiger partial charge in [0.05, 0.1) is 5.69 Å². The molecule has 0 aliphatic carbocycles. The minimum atomic E-state index is -0.690. The highest BCUT2D eigenvalue weighted by Crippen LogP contribution is 2.22. The first-order chi connectivity index (χ1) is 11.5. The maximum atomic E-state index is 13.7. The third-order valence-corrected chi connectivity index (χ3v) is 4.13. The predicted molar refractivity (Wildman–Crippen MR) is 88.2 cm³/mol. The van der Waals surface area contributed by atoms with Crippen LogP contribution >= 0.6 is 0 Å². The number of anilines is 2. The van der Waals surface area contributed by atoms with E-state index in [1.54, 1.807) is 17.0 Å². The molecule has 1 aromatic carbocycles. The van der Waals surface area contributed by atoms with E-state index in [2.05, 4.69) is 17.2 Å². The van der Waals surface area contributed by atoms with E-state index < -0.39 is 11.6 Å². The molecule has 1 aliphatic heterocycles. The van der Waals surface area contributed by atoms with Crippen molar-refractivity contribution >= 4 is 17.3 Å². The summed E-state index contributed by atoms with van der Waals surface area (Å²) in [5, 5.41) is 2.85. The van der Waals surface area contributed by atoms with E-state index in [4.69, 9.17) is 0 Å². The largest absolute Gasteiger partial charge is 0.353 e. The van der Waals surface area contributed by atoms with Crippen LogP contribution in [0.15, 0.2) is 36.5 Å². The molecule has 0 radical (unpaired) electrons. The Labute approximate surface area is 139 Å². The number of hydrogen-bond acceptors (Lipinski definition) is 3. The number of piperidine rings is 1. The van der Waals surface area contributed by atoms with Crippen molar-refractivity contribution in [3.8, 4) is 0 Å². The number of rotatable bonds is 3. The zero-order valence-corrected chi connectivity index (χ0v) is 13.4. The number of carbonyl (C=O) groups excluding carboxylic acids is 1. The Hall–Kier alpha value is -2.50. The Bertz CT molecular complexity index is 751. The number of nitrogens with one attached hydrogen (secondary N) is 1. The summed E-state index contributed by atoms with van der Waals surface area (Å²) >= 11 is 0. The average molecular weight is 331 g/mol. The summed E-state index contributed by atoms with van der Waals surface area (Å²) in [5.74, 6) is -0.963. The highest BCUT2D eigenvalue weighted by atomic mass is 19.1. The van der Waals surface area contributed by atoms with Crippen LogP contribution in [-0.4, -0.2) is 28.9 Å². The zero-order chi connectivity index (χ0) is 17.1. The molecule has 2 aromatic rings. The quantitative estimate of drug-likeness (QED) is 0.925. The van der Waals surface area contributed by atoms with Crippen LogP contribution in [0, 0.1) is 17.6 Å². The molecule has 6 heteroatoms. The first kappa shape index (κ1) is 16.4. The first-order valence-electron chi connectivity index (χ1n) is 8.00. The average Bonchev–Trinajstić information content (AvgIpc) is 2.57. The van der Waals surface area contributed by atoms with E-state index in [-0.39, 0.29) is 11.6 Å². The molecule has 3 rings (SSSR count). The van der Waals surface area contributed by atoms with Crippen LogP contribution in [0.1, 0.15) is 30.3 Å². The number of halogens is 2. The molecule has 1 unspecified atom stereocenters. The molecule has 1 saturated heterocycles. The molecule has 2 heterocycles. The Morgan fingerprint density at radius 3 is 2.88 bits per heavy atom. The van der Waals surface area contributed by atoms with Crippen LogP contribution in [0.3, 0.4) is 0 Å². The van der Waals surface area contributed by atoms with E-state index in [1.165, 1.54) is 18.3 Å². The molecule has 4 nitrogen and oxygen atoms in total. The van der Waals surface area contributed by atoms with Crippen LogP contribution in [0.25, 0.3) is 0 Å². The fourth-order valence-corrected chi connectivity index (χ4v) is 2.91. The van der Waals surface area contributed by atoms with Gasteiger partial charge in [-0.1, -0.05) is 6.92 Å². The molecule has 0 saturated carbocycles. The van der Waals surface area contributed by atoms with Gasteiger partial charge in [0.25, 0.3) is 5.91 Å². The monoisotopic (exact) mass is 331 g/mol. The molecule has 0 bridgehead atoms. The van der Waals surface area contributed by atoms with Crippen LogP contribution in [-0.2, 0) is 0 Å². The second-order valence-corrected chi connectivity index (χ2v) is 6.18. The summed E-state index contributed by atoms with van der Waals surface area (Å²) in [5.41, 5.74) is 0.994. The Kier molecular flexibility index (Phi) is 4.74. The van der Waals surface area contributed by atoms with Crippen molar-refractivity contribution in [1.82, 2.24) is 9.88 Å². The van der Waals surface area contributed by atoms with Gasteiger partial charge in [0, 0.05) is 31.0 Å². The number of likely N-dealkylation sites (tertiary alicyclic amines) is 1. The van der Waals surface area contributed by atoms with Gasteiger partial charge in [0.15, 0.2) is 0 Å². The molecule has 1 amide bonds. The highest BCUT2D eigenvalue weighted by Gasteiger charge is 2.23. The van der Waals surface area contributed by atoms with Gasteiger partial charge in [-0.25, -0.2) is 8.78 Å². The Balaban J connectivity index is 1.77. The summed E-state index contributed by atoms with van der Waals surface area (Å²) < 4.78 is 26.7. The van der Waals surface area contributed by atoms with Crippen molar-refractivity contribution in [3.63, 3.8) is 0 Å². The summed E-state index contributed by atoms with van der Waals surface area (Å²) in [7, 11) is 0. The molecule has 24 heavy (non-hydrogen) atoms. The SMILES string of the molecule is CC1CCCN(C(=O)c2cc(Nc3ccc(F)cc3F)ccn2)C1. The van der Waals surface area contributed by atoms with Gasteiger partial charge in [-0.2, -0.15) is 0 Å². The van der Waals surface area contributed by atoms with E-state index in [1.807, 2.05) is 0 Å². The van der Waals surface area contributed by atoms with Gasteiger partial charge in [-0.15, -0.1) is 0 Å². The fourth-order valence-electron chi connectivity index (χ4n) is 2.91. The Morgan fingerprint density at radius 1 is 1.29 bits per heavy atom. The van der Waals surface area contributed by atoms with Crippen molar-refractivity contribution in [2.75, 3.05) is 18.4 Å². The standard InChI is InChI=1S/C18H19F2N3O/c1-12-3-2-8-23(11-12)18(24)17-10-14(6-7-21-17)22-16-5-4-13(19)9-15(16)20/h4-7,9-10,12H,2-3,8,11H2,1H3,(H,21,22). The minimum absolute atomic E-state index is 0.121. The lowest BCUT2D eigenvalue weighted by Crippen LogP contribution is -2.39. The molecular formula is C18H19F2N3O. The van der Waals surface area contributed by atoms with E-state index in [0.717, 1.165) is 32.0 Å². The molecule has 1 aromatic heterocycles. The third-order valence-electron chi connectivity index (χ3n) is 4.13. The molecule has 1 atom stereocenters.